The summed E-state index contributed by atoms with van der Waals surface area (Å²) >= 11 is 0. The van der Waals surface area contributed by atoms with Gasteiger partial charge in [0.25, 0.3) is 0 Å². The standard InChI is InChI=1S/C34H40F2N4O3/c1-5-34(6-2,33(41)42)18-32-38-29-10-9-26(43-21-30-28(36)15-23(4)19-37-30)17-31(29)40(32)20-24-7-8-25(16-27(24)35)39-13-11-22(3)12-14-39/h7-10,15-17,19,22H,5-6,11-14,18,20-21H2,1-4H3,(H,41,42). The van der Waals surface area contributed by atoms with Crippen molar-refractivity contribution >= 4 is 22.7 Å². The van der Waals surface area contributed by atoms with Crippen molar-refractivity contribution < 1.29 is 23.4 Å². The normalized spacial score (nSPS) is 14.4. The summed E-state index contributed by atoms with van der Waals surface area (Å²) in [6.07, 6.45) is 4.83. The number of aromatic nitrogens is 3. The molecule has 0 bridgehead atoms. The maximum atomic E-state index is 15.6. The van der Waals surface area contributed by atoms with E-state index >= 15 is 4.39 Å². The van der Waals surface area contributed by atoms with Gasteiger partial charge < -0.3 is 19.3 Å². The number of carbonyl (C=O) groups is 1. The lowest BCUT2D eigenvalue weighted by Gasteiger charge is -2.32. The van der Waals surface area contributed by atoms with E-state index in [1.165, 1.54) is 6.07 Å². The Kier molecular flexibility index (Phi) is 8.99. The number of halogens is 2. The van der Waals surface area contributed by atoms with Crippen LogP contribution in [0.5, 0.6) is 5.75 Å². The molecule has 0 aliphatic carbocycles. The zero-order chi connectivity index (χ0) is 30.7. The van der Waals surface area contributed by atoms with Crippen LogP contribution in [-0.4, -0.2) is 38.7 Å². The highest BCUT2D eigenvalue weighted by Gasteiger charge is 2.37. The lowest BCUT2D eigenvalue weighted by Crippen LogP contribution is -2.33. The molecule has 3 heterocycles. The number of nitrogens with zero attached hydrogens (tertiary/aromatic N) is 4. The Bertz CT molecular complexity index is 1610. The topological polar surface area (TPSA) is 80.5 Å². The summed E-state index contributed by atoms with van der Waals surface area (Å²) in [5.41, 5.74) is 2.61. The van der Waals surface area contributed by atoms with Gasteiger partial charge in [0.2, 0.25) is 0 Å². The minimum atomic E-state index is -0.999. The molecule has 2 aromatic heterocycles. The van der Waals surface area contributed by atoms with Crippen molar-refractivity contribution in [1.29, 1.82) is 0 Å². The van der Waals surface area contributed by atoms with Gasteiger partial charge in [0, 0.05) is 43.0 Å². The van der Waals surface area contributed by atoms with E-state index in [1.807, 2.05) is 30.5 Å². The molecule has 1 saturated heterocycles. The third-order valence-electron chi connectivity index (χ3n) is 9.05. The molecule has 43 heavy (non-hydrogen) atoms. The third-order valence-corrected chi connectivity index (χ3v) is 9.05. The first-order valence-corrected chi connectivity index (χ1v) is 15.1. The summed E-state index contributed by atoms with van der Waals surface area (Å²) < 4.78 is 37.8. The number of ether oxygens (including phenoxy) is 1. The number of aliphatic carboxylic acids is 1. The molecule has 0 atom stereocenters. The van der Waals surface area contributed by atoms with Gasteiger partial charge >= 0.3 is 5.97 Å². The first-order chi connectivity index (χ1) is 20.6. The summed E-state index contributed by atoms with van der Waals surface area (Å²) in [5, 5.41) is 10.2. The van der Waals surface area contributed by atoms with E-state index in [4.69, 9.17) is 9.72 Å². The number of pyridine rings is 1. The second kappa shape index (κ2) is 12.7. The Morgan fingerprint density at radius 3 is 2.47 bits per heavy atom. The summed E-state index contributed by atoms with van der Waals surface area (Å²) in [7, 11) is 0. The Hall–Kier alpha value is -4.01. The molecular formula is C34H40F2N4O3. The number of piperidine rings is 1. The van der Waals surface area contributed by atoms with Crippen LogP contribution in [0.2, 0.25) is 0 Å². The molecule has 0 radical (unpaired) electrons. The average Bonchev–Trinajstić information content (AvgIpc) is 3.32. The van der Waals surface area contributed by atoms with Gasteiger partial charge in [-0.3, -0.25) is 9.78 Å². The van der Waals surface area contributed by atoms with E-state index in [0.29, 0.717) is 46.9 Å². The zero-order valence-corrected chi connectivity index (χ0v) is 25.4. The maximum absolute atomic E-state index is 15.6. The highest BCUT2D eigenvalue weighted by molar-refractivity contribution is 5.79. The molecule has 1 N–H and O–H groups in total. The van der Waals surface area contributed by atoms with Crippen LogP contribution in [0.4, 0.5) is 14.5 Å². The van der Waals surface area contributed by atoms with Crippen molar-refractivity contribution in [2.75, 3.05) is 18.0 Å². The van der Waals surface area contributed by atoms with Crippen molar-refractivity contribution in [3.63, 3.8) is 0 Å². The van der Waals surface area contributed by atoms with Crippen molar-refractivity contribution in [2.24, 2.45) is 11.3 Å². The van der Waals surface area contributed by atoms with Crippen LogP contribution in [0.15, 0.2) is 48.7 Å². The Labute approximate surface area is 251 Å². The van der Waals surface area contributed by atoms with Gasteiger partial charge in [0.15, 0.2) is 0 Å². The monoisotopic (exact) mass is 590 g/mol. The summed E-state index contributed by atoms with van der Waals surface area (Å²) in [5.74, 6) is 0.103. The van der Waals surface area contributed by atoms with Crippen molar-refractivity contribution in [1.82, 2.24) is 14.5 Å². The molecule has 0 saturated carbocycles. The quantitative estimate of drug-likeness (QED) is 0.197. The molecule has 9 heteroatoms. The number of aryl methyl sites for hydroxylation is 1. The van der Waals surface area contributed by atoms with Gasteiger partial charge in [-0.05, 0) is 74.4 Å². The van der Waals surface area contributed by atoms with Gasteiger partial charge in [-0.2, -0.15) is 0 Å². The SMILES string of the molecule is CCC(CC)(Cc1nc2ccc(OCc3ncc(C)cc3F)cc2n1Cc1ccc(N2CCC(C)CC2)cc1F)C(=O)O. The first kappa shape index (κ1) is 30.4. The van der Waals surface area contributed by atoms with Crippen molar-refractivity contribution in [3.05, 3.63) is 82.9 Å². The highest BCUT2D eigenvalue weighted by Crippen LogP contribution is 2.34. The lowest BCUT2D eigenvalue weighted by atomic mass is 9.79. The number of rotatable bonds is 11. The molecule has 1 aliphatic heterocycles. The number of hydrogen-bond donors (Lipinski definition) is 1. The fourth-order valence-corrected chi connectivity index (χ4v) is 5.85. The van der Waals surface area contributed by atoms with Crippen LogP contribution in [0.1, 0.15) is 69.1 Å². The molecule has 1 aliphatic rings. The van der Waals surface area contributed by atoms with E-state index in [0.717, 1.165) is 37.2 Å². The van der Waals surface area contributed by atoms with Crippen LogP contribution in [0.25, 0.3) is 11.0 Å². The summed E-state index contributed by atoms with van der Waals surface area (Å²) in [6.45, 7) is 9.70. The molecule has 7 nitrogen and oxygen atoms in total. The molecule has 0 amide bonds. The smallest absolute Gasteiger partial charge is 0.310 e. The van der Waals surface area contributed by atoms with Crippen LogP contribution in [0, 0.1) is 29.9 Å². The second-order valence-corrected chi connectivity index (χ2v) is 11.9. The van der Waals surface area contributed by atoms with Crippen LogP contribution in [-0.2, 0) is 24.4 Å². The van der Waals surface area contributed by atoms with Gasteiger partial charge in [0.1, 0.15) is 35.5 Å². The molecule has 2 aromatic carbocycles. The lowest BCUT2D eigenvalue weighted by molar-refractivity contribution is -0.149. The summed E-state index contributed by atoms with van der Waals surface area (Å²) in [4.78, 5) is 23.6. The molecule has 228 valence electrons. The largest absolute Gasteiger partial charge is 0.487 e. The zero-order valence-electron chi connectivity index (χ0n) is 25.4. The van der Waals surface area contributed by atoms with Crippen LogP contribution < -0.4 is 9.64 Å². The van der Waals surface area contributed by atoms with Gasteiger partial charge in [-0.25, -0.2) is 13.8 Å². The average molecular weight is 591 g/mol. The van der Waals surface area contributed by atoms with Crippen LogP contribution in [0.3, 0.4) is 0 Å². The maximum Gasteiger partial charge on any atom is 0.310 e. The third kappa shape index (κ3) is 6.50. The van der Waals surface area contributed by atoms with Crippen molar-refractivity contribution in [2.45, 2.75) is 73.0 Å². The number of anilines is 1. The molecular weight excluding hydrogens is 550 g/mol. The van der Waals surface area contributed by atoms with Gasteiger partial charge in [-0.15, -0.1) is 0 Å². The minimum Gasteiger partial charge on any atom is -0.487 e. The van der Waals surface area contributed by atoms with E-state index in [9.17, 15) is 14.3 Å². The van der Waals surface area contributed by atoms with E-state index < -0.39 is 17.2 Å². The second-order valence-electron chi connectivity index (χ2n) is 11.9. The predicted molar refractivity (Wildman–Crippen MR) is 163 cm³/mol. The number of imidazole rings is 1. The predicted octanol–water partition coefficient (Wildman–Crippen LogP) is 7.32. The fourth-order valence-electron chi connectivity index (χ4n) is 5.85. The minimum absolute atomic E-state index is 0.0578. The molecule has 0 unspecified atom stereocenters. The molecule has 4 aromatic rings. The number of carboxylic acids is 1. The molecule has 5 rings (SSSR count). The molecule has 0 spiro atoms. The first-order valence-electron chi connectivity index (χ1n) is 15.1. The van der Waals surface area contributed by atoms with E-state index in [2.05, 4.69) is 16.8 Å². The van der Waals surface area contributed by atoms with Gasteiger partial charge in [-0.1, -0.05) is 26.8 Å². The summed E-state index contributed by atoms with van der Waals surface area (Å²) in [6, 6.07) is 12.1. The molecule has 1 fully saturated rings. The van der Waals surface area contributed by atoms with E-state index in [1.54, 1.807) is 37.4 Å². The number of carboxylic acid groups (broad SMARTS) is 1. The van der Waals surface area contributed by atoms with Crippen molar-refractivity contribution in [3.8, 4) is 5.75 Å². The van der Waals surface area contributed by atoms with Crippen LogP contribution >= 0.6 is 0 Å². The highest BCUT2D eigenvalue weighted by atomic mass is 19.1. The number of benzene rings is 2. The fraction of sp³-hybridized carbons (Fsp3) is 0.441. The number of fused-ring (bicyclic) bond motifs is 1. The van der Waals surface area contributed by atoms with E-state index in [-0.39, 0.29) is 31.1 Å². The Morgan fingerprint density at radius 1 is 1.07 bits per heavy atom. The Morgan fingerprint density at radius 2 is 1.81 bits per heavy atom. The number of hydrogen-bond acceptors (Lipinski definition) is 5. The Balaban J connectivity index is 1.49. The van der Waals surface area contributed by atoms with Gasteiger partial charge in [0.05, 0.1) is 23.0 Å².